The molecule has 0 amide bonds. The smallest absolute Gasteiger partial charge is 0.315 e. The summed E-state index contributed by atoms with van der Waals surface area (Å²) >= 11 is 1.13. The monoisotopic (exact) mass is 196 g/mol. The van der Waals surface area contributed by atoms with E-state index >= 15 is 0 Å². The molecular weight excluding hydrogens is 184 g/mol. The Morgan fingerprint density at radius 2 is 2.15 bits per heavy atom. The summed E-state index contributed by atoms with van der Waals surface area (Å²) in [4.78, 5) is 11.6. The number of carbonyl (C=O) groups is 1. The van der Waals surface area contributed by atoms with E-state index in [9.17, 15) is 4.79 Å². The molecule has 70 valence electrons. The van der Waals surface area contributed by atoms with E-state index in [0.717, 1.165) is 23.4 Å². The lowest BCUT2D eigenvalue weighted by atomic mass is 10.2. The Morgan fingerprint density at radius 1 is 1.46 bits per heavy atom. The van der Waals surface area contributed by atoms with E-state index in [1.165, 1.54) is 12.5 Å². The third-order valence-electron chi connectivity index (χ3n) is 1.60. The van der Waals surface area contributed by atoms with Crippen molar-refractivity contribution < 1.29 is 8.98 Å². The van der Waals surface area contributed by atoms with Crippen LogP contribution in [0.15, 0.2) is 29.2 Å². The third kappa shape index (κ3) is 3.11. The van der Waals surface area contributed by atoms with Crippen LogP contribution in [0.25, 0.3) is 0 Å². The minimum Gasteiger partial charge on any atom is -0.386 e. The molecule has 1 aromatic rings. The van der Waals surface area contributed by atoms with Crippen molar-refractivity contribution in [2.24, 2.45) is 0 Å². The van der Waals surface area contributed by atoms with Crippen LogP contribution in [0.3, 0.4) is 0 Å². The molecule has 0 heterocycles. The standard InChI is InChI=1S/C10H12O2S/c1-3-9-6-4-5-7-10(9)13-12-8(2)11/h4-7H,3H2,1-2H3. The lowest BCUT2D eigenvalue weighted by Crippen LogP contribution is -1.91. The summed E-state index contributed by atoms with van der Waals surface area (Å²) in [6.45, 7) is 3.48. The van der Waals surface area contributed by atoms with Gasteiger partial charge in [0.05, 0.1) is 16.9 Å². The maximum Gasteiger partial charge on any atom is 0.315 e. The zero-order chi connectivity index (χ0) is 9.68. The fraction of sp³-hybridized carbons (Fsp3) is 0.300. The molecule has 0 fully saturated rings. The first kappa shape index (κ1) is 10.1. The average molecular weight is 196 g/mol. The minimum atomic E-state index is -0.268. The van der Waals surface area contributed by atoms with Crippen LogP contribution >= 0.6 is 12.0 Å². The van der Waals surface area contributed by atoms with Crippen molar-refractivity contribution in [1.29, 1.82) is 0 Å². The van der Waals surface area contributed by atoms with E-state index in [2.05, 4.69) is 6.92 Å². The molecule has 0 saturated heterocycles. The van der Waals surface area contributed by atoms with E-state index in [4.69, 9.17) is 4.18 Å². The quantitative estimate of drug-likeness (QED) is 0.695. The lowest BCUT2D eigenvalue weighted by Gasteiger charge is -2.04. The van der Waals surface area contributed by atoms with Crippen molar-refractivity contribution in [3.05, 3.63) is 29.8 Å². The van der Waals surface area contributed by atoms with E-state index in [1.54, 1.807) is 0 Å². The molecule has 0 radical (unpaired) electrons. The highest BCUT2D eigenvalue weighted by Crippen LogP contribution is 2.23. The second-order valence-corrected chi connectivity index (χ2v) is 3.39. The molecule has 2 nitrogen and oxygen atoms in total. The lowest BCUT2D eigenvalue weighted by molar-refractivity contribution is -0.130. The largest absolute Gasteiger partial charge is 0.386 e. The fourth-order valence-electron chi connectivity index (χ4n) is 0.981. The molecule has 0 unspecified atom stereocenters. The minimum absolute atomic E-state index is 0.268. The zero-order valence-electron chi connectivity index (χ0n) is 7.74. The SMILES string of the molecule is CCc1ccccc1SOC(C)=O. The molecule has 0 bridgehead atoms. The van der Waals surface area contributed by atoms with Crippen molar-refractivity contribution >= 4 is 18.0 Å². The van der Waals surface area contributed by atoms with Gasteiger partial charge >= 0.3 is 5.97 Å². The molecule has 1 rings (SSSR count). The van der Waals surface area contributed by atoms with E-state index in [0.29, 0.717) is 0 Å². The van der Waals surface area contributed by atoms with Gasteiger partial charge in [-0.1, -0.05) is 25.1 Å². The molecule has 3 heteroatoms. The van der Waals surface area contributed by atoms with Crippen LogP contribution in [0, 0.1) is 0 Å². The molecule has 0 atom stereocenters. The number of benzene rings is 1. The summed E-state index contributed by atoms with van der Waals surface area (Å²) in [5.74, 6) is -0.268. The second kappa shape index (κ2) is 4.92. The summed E-state index contributed by atoms with van der Waals surface area (Å²) in [6, 6.07) is 7.90. The highest BCUT2D eigenvalue weighted by molar-refractivity contribution is 7.95. The number of carbonyl (C=O) groups excluding carboxylic acids is 1. The van der Waals surface area contributed by atoms with Gasteiger partial charge in [-0.25, -0.2) is 0 Å². The number of aryl methyl sites for hydroxylation is 1. The van der Waals surface area contributed by atoms with Crippen LogP contribution in [0.1, 0.15) is 19.4 Å². The van der Waals surface area contributed by atoms with Gasteiger partial charge in [0.15, 0.2) is 0 Å². The molecule has 0 aliphatic heterocycles. The van der Waals surface area contributed by atoms with Gasteiger partial charge in [0, 0.05) is 6.92 Å². The average Bonchev–Trinajstić information content (AvgIpc) is 2.15. The first-order chi connectivity index (χ1) is 6.24. The van der Waals surface area contributed by atoms with Crippen LogP contribution in [0.2, 0.25) is 0 Å². The predicted molar refractivity (Wildman–Crippen MR) is 53.4 cm³/mol. The molecular formula is C10H12O2S. The van der Waals surface area contributed by atoms with Gasteiger partial charge in [-0.15, -0.1) is 0 Å². The third-order valence-corrected chi connectivity index (χ3v) is 2.50. The van der Waals surface area contributed by atoms with Crippen LogP contribution in [-0.2, 0) is 15.4 Å². The highest BCUT2D eigenvalue weighted by atomic mass is 32.2. The Morgan fingerprint density at radius 3 is 2.77 bits per heavy atom. The maximum absolute atomic E-state index is 10.6. The molecule has 0 aromatic heterocycles. The van der Waals surface area contributed by atoms with Gasteiger partial charge in [0.25, 0.3) is 0 Å². The Kier molecular flexibility index (Phi) is 3.83. The molecule has 0 aliphatic rings. The summed E-state index contributed by atoms with van der Waals surface area (Å²) in [5, 5.41) is 0. The van der Waals surface area contributed by atoms with Gasteiger partial charge in [-0.3, -0.25) is 4.79 Å². The van der Waals surface area contributed by atoms with E-state index in [1.807, 2.05) is 24.3 Å². The fourth-order valence-corrected chi connectivity index (χ4v) is 1.64. The molecule has 13 heavy (non-hydrogen) atoms. The highest BCUT2D eigenvalue weighted by Gasteiger charge is 2.02. The maximum atomic E-state index is 10.6. The van der Waals surface area contributed by atoms with Crippen LogP contribution in [-0.4, -0.2) is 5.97 Å². The van der Waals surface area contributed by atoms with Crippen molar-refractivity contribution in [2.45, 2.75) is 25.2 Å². The van der Waals surface area contributed by atoms with Crippen molar-refractivity contribution in [3.63, 3.8) is 0 Å². The Balaban J connectivity index is 2.69. The first-order valence-electron chi connectivity index (χ1n) is 4.17. The van der Waals surface area contributed by atoms with E-state index in [-0.39, 0.29) is 5.97 Å². The summed E-state index contributed by atoms with van der Waals surface area (Å²) in [6.07, 6.45) is 0.949. The van der Waals surface area contributed by atoms with E-state index < -0.39 is 0 Å². The number of hydrogen-bond acceptors (Lipinski definition) is 3. The van der Waals surface area contributed by atoms with Crippen molar-refractivity contribution in [2.75, 3.05) is 0 Å². The summed E-state index contributed by atoms with van der Waals surface area (Å²) in [7, 11) is 0. The van der Waals surface area contributed by atoms with Gasteiger partial charge in [-0.2, -0.15) is 0 Å². The van der Waals surface area contributed by atoms with Gasteiger partial charge in [0.2, 0.25) is 0 Å². The topological polar surface area (TPSA) is 26.3 Å². The Labute approximate surface area is 82.5 Å². The Hall–Kier alpha value is -0.960. The molecule has 0 N–H and O–H groups in total. The first-order valence-corrected chi connectivity index (χ1v) is 4.91. The molecule has 0 spiro atoms. The van der Waals surface area contributed by atoms with Crippen molar-refractivity contribution in [3.8, 4) is 0 Å². The van der Waals surface area contributed by atoms with Crippen LogP contribution < -0.4 is 0 Å². The normalized spacial score (nSPS) is 9.69. The predicted octanol–water partition coefficient (Wildman–Crippen LogP) is 2.82. The Bertz CT molecular complexity index is 297. The number of rotatable bonds is 3. The van der Waals surface area contributed by atoms with Gasteiger partial charge in [0.1, 0.15) is 0 Å². The van der Waals surface area contributed by atoms with Crippen LogP contribution in [0.4, 0.5) is 0 Å². The van der Waals surface area contributed by atoms with Gasteiger partial charge < -0.3 is 4.18 Å². The second-order valence-electron chi connectivity index (χ2n) is 2.62. The molecule has 1 aromatic carbocycles. The number of hydrogen-bond donors (Lipinski definition) is 0. The summed E-state index contributed by atoms with van der Waals surface area (Å²) < 4.78 is 4.85. The van der Waals surface area contributed by atoms with Gasteiger partial charge in [-0.05, 0) is 18.1 Å². The van der Waals surface area contributed by atoms with Crippen LogP contribution in [0.5, 0.6) is 0 Å². The molecule has 0 saturated carbocycles. The zero-order valence-corrected chi connectivity index (χ0v) is 8.56. The summed E-state index contributed by atoms with van der Waals surface area (Å²) in [5.41, 5.74) is 1.20. The molecule has 0 aliphatic carbocycles. The van der Waals surface area contributed by atoms with Crippen molar-refractivity contribution in [1.82, 2.24) is 0 Å².